The molecule has 0 bridgehead atoms. The largest absolute Gasteiger partial charge is 0.462 e. The lowest BCUT2D eigenvalue weighted by Gasteiger charge is -2.14. The van der Waals surface area contributed by atoms with E-state index in [2.05, 4.69) is 10.1 Å². The number of hydrogen-bond acceptors (Lipinski definition) is 6. The molecule has 0 atom stereocenters. The Kier molecular flexibility index (Phi) is 4.52. The molecule has 0 aliphatic rings. The van der Waals surface area contributed by atoms with Gasteiger partial charge in [0.05, 0.1) is 12.2 Å². The summed E-state index contributed by atoms with van der Waals surface area (Å²) < 4.78 is 11.5. The van der Waals surface area contributed by atoms with Crippen LogP contribution >= 0.6 is 0 Å². The average molecular weight is 291 g/mol. The Bertz CT molecular complexity index is 689. The molecule has 0 fully saturated rings. The lowest BCUT2D eigenvalue weighted by Crippen LogP contribution is -2.27. The summed E-state index contributed by atoms with van der Waals surface area (Å²) in [7, 11) is 0. The van der Waals surface area contributed by atoms with E-state index in [1.54, 1.807) is 20.8 Å². The molecule has 112 valence electrons. The molecule has 7 nitrogen and oxygen atoms in total. The van der Waals surface area contributed by atoms with E-state index in [-0.39, 0.29) is 5.56 Å². The van der Waals surface area contributed by atoms with Gasteiger partial charge in [-0.05, 0) is 26.3 Å². The smallest absolute Gasteiger partial charge is 0.340 e. The van der Waals surface area contributed by atoms with Crippen molar-refractivity contribution in [3.05, 3.63) is 45.5 Å². The zero-order valence-electron chi connectivity index (χ0n) is 12.3. The van der Waals surface area contributed by atoms with Gasteiger partial charge in [-0.15, -0.1) is 0 Å². The number of aryl methyl sites for hydroxylation is 2. The maximum atomic E-state index is 12.1. The van der Waals surface area contributed by atoms with Gasteiger partial charge in [0, 0.05) is 24.7 Å². The van der Waals surface area contributed by atoms with Crippen LogP contribution in [-0.2, 0) is 17.7 Å². The van der Waals surface area contributed by atoms with Gasteiger partial charge >= 0.3 is 5.97 Å². The predicted molar refractivity (Wildman–Crippen MR) is 74.1 cm³/mol. The summed E-state index contributed by atoms with van der Waals surface area (Å²) in [6, 6.07) is 1.44. The zero-order chi connectivity index (χ0) is 15.4. The number of aromatic nitrogens is 3. The summed E-state index contributed by atoms with van der Waals surface area (Å²) in [5, 5.41) is 3.52. The Hall–Kier alpha value is -2.44. The van der Waals surface area contributed by atoms with Crippen molar-refractivity contribution in [1.29, 1.82) is 0 Å². The summed E-state index contributed by atoms with van der Waals surface area (Å²) in [6.45, 7) is 5.85. The average Bonchev–Trinajstić information content (AvgIpc) is 2.91. The second-order valence-electron chi connectivity index (χ2n) is 4.58. The molecule has 2 aromatic heterocycles. The molecular weight excluding hydrogens is 274 g/mol. The fourth-order valence-electron chi connectivity index (χ4n) is 2.22. The minimum absolute atomic E-state index is 0.169. The van der Waals surface area contributed by atoms with Crippen LogP contribution in [0.3, 0.4) is 0 Å². The molecule has 7 heteroatoms. The number of carbonyl (C=O) groups excluding carboxylic acids is 1. The van der Waals surface area contributed by atoms with Gasteiger partial charge in [-0.2, -0.15) is 4.98 Å². The first-order valence-electron chi connectivity index (χ1n) is 6.68. The van der Waals surface area contributed by atoms with Crippen LogP contribution in [0.4, 0.5) is 0 Å². The zero-order valence-corrected chi connectivity index (χ0v) is 12.3. The molecule has 0 saturated heterocycles. The van der Waals surface area contributed by atoms with E-state index >= 15 is 0 Å². The molecule has 0 aliphatic heterocycles. The van der Waals surface area contributed by atoms with Gasteiger partial charge in [-0.25, -0.2) is 4.79 Å². The third-order valence-electron chi connectivity index (χ3n) is 3.20. The highest BCUT2D eigenvalue weighted by Gasteiger charge is 2.18. The van der Waals surface area contributed by atoms with Crippen molar-refractivity contribution >= 4 is 5.97 Å². The van der Waals surface area contributed by atoms with Gasteiger partial charge in [-0.1, -0.05) is 5.16 Å². The maximum Gasteiger partial charge on any atom is 0.340 e. The number of nitrogens with zero attached hydrogens (tertiary/aromatic N) is 3. The fourth-order valence-corrected chi connectivity index (χ4v) is 2.22. The summed E-state index contributed by atoms with van der Waals surface area (Å²) in [5.74, 6) is 0.0265. The molecule has 21 heavy (non-hydrogen) atoms. The summed E-state index contributed by atoms with van der Waals surface area (Å²) in [4.78, 5) is 28.0. The SMILES string of the molecule is CCOC(=O)c1c(C)cc(=O)n(CCc2ncno2)c1C. The fraction of sp³-hybridized carbons (Fsp3) is 0.429. The van der Waals surface area contributed by atoms with E-state index in [4.69, 9.17) is 9.26 Å². The van der Waals surface area contributed by atoms with Crippen LogP contribution in [0.5, 0.6) is 0 Å². The highest BCUT2D eigenvalue weighted by molar-refractivity contribution is 5.92. The molecule has 0 saturated carbocycles. The normalized spacial score (nSPS) is 10.6. The Morgan fingerprint density at radius 1 is 1.43 bits per heavy atom. The standard InChI is InChI=1S/C14H17N3O4/c1-4-20-14(19)13-9(2)7-12(18)17(10(13)3)6-5-11-15-8-16-21-11/h7-8H,4-6H2,1-3H3. The molecule has 2 rings (SSSR count). The van der Waals surface area contributed by atoms with Crippen molar-refractivity contribution in [3.8, 4) is 0 Å². The van der Waals surface area contributed by atoms with E-state index in [1.807, 2.05) is 0 Å². The molecule has 0 aromatic carbocycles. The Labute approximate surface area is 121 Å². The lowest BCUT2D eigenvalue weighted by molar-refractivity contribution is 0.0523. The third-order valence-corrected chi connectivity index (χ3v) is 3.20. The number of rotatable bonds is 5. The first-order chi connectivity index (χ1) is 10.0. The van der Waals surface area contributed by atoms with Crippen LogP contribution in [0, 0.1) is 13.8 Å². The number of pyridine rings is 1. The number of carbonyl (C=O) groups is 1. The molecule has 0 aliphatic carbocycles. The van der Waals surface area contributed by atoms with Crippen molar-refractivity contribution in [3.63, 3.8) is 0 Å². The van der Waals surface area contributed by atoms with Crippen molar-refractivity contribution in [2.24, 2.45) is 0 Å². The number of hydrogen-bond donors (Lipinski definition) is 0. The Morgan fingerprint density at radius 3 is 2.81 bits per heavy atom. The first kappa shape index (κ1) is 15.0. The van der Waals surface area contributed by atoms with E-state index in [9.17, 15) is 9.59 Å². The molecule has 0 unspecified atom stereocenters. The van der Waals surface area contributed by atoms with Crippen molar-refractivity contribution in [2.45, 2.75) is 33.7 Å². The van der Waals surface area contributed by atoms with Gasteiger partial charge in [0.2, 0.25) is 5.89 Å². The van der Waals surface area contributed by atoms with E-state index in [0.717, 1.165) is 0 Å². The second-order valence-corrected chi connectivity index (χ2v) is 4.58. The second kappa shape index (κ2) is 6.34. The maximum absolute atomic E-state index is 12.1. The topological polar surface area (TPSA) is 87.2 Å². The molecule has 2 heterocycles. The van der Waals surface area contributed by atoms with Gasteiger partial charge in [-0.3, -0.25) is 4.79 Å². The summed E-state index contributed by atoms with van der Waals surface area (Å²) in [6.07, 6.45) is 1.73. The highest BCUT2D eigenvalue weighted by Crippen LogP contribution is 2.13. The van der Waals surface area contributed by atoms with Crippen molar-refractivity contribution in [1.82, 2.24) is 14.7 Å². The Morgan fingerprint density at radius 2 is 2.19 bits per heavy atom. The molecule has 0 spiro atoms. The van der Waals surface area contributed by atoms with Gasteiger partial charge < -0.3 is 13.8 Å². The quantitative estimate of drug-likeness (QED) is 0.771. The van der Waals surface area contributed by atoms with E-state index in [0.29, 0.717) is 42.3 Å². The van der Waals surface area contributed by atoms with Crippen LogP contribution in [0.1, 0.15) is 34.4 Å². The van der Waals surface area contributed by atoms with Gasteiger partial charge in [0.15, 0.2) is 6.33 Å². The third kappa shape index (κ3) is 3.18. The molecule has 0 radical (unpaired) electrons. The van der Waals surface area contributed by atoms with Gasteiger partial charge in [0.25, 0.3) is 5.56 Å². The molecule has 0 N–H and O–H groups in total. The van der Waals surface area contributed by atoms with Crippen LogP contribution in [0.15, 0.2) is 21.7 Å². The number of ether oxygens (including phenoxy) is 1. The van der Waals surface area contributed by atoms with Crippen molar-refractivity contribution in [2.75, 3.05) is 6.61 Å². The van der Waals surface area contributed by atoms with Crippen LogP contribution in [0.25, 0.3) is 0 Å². The van der Waals surface area contributed by atoms with Crippen LogP contribution in [0.2, 0.25) is 0 Å². The predicted octanol–water partition coefficient (Wildman–Crippen LogP) is 1.27. The van der Waals surface area contributed by atoms with Crippen LogP contribution in [-0.4, -0.2) is 27.3 Å². The summed E-state index contributed by atoms with van der Waals surface area (Å²) in [5.41, 5.74) is 1.46. The first-order valence-corrected chi connectivity index (χ1v) is 6.68. The molecule has 2 aromatic rings. The van der Waals surface area contributed by atoms with E-state index < -0.39 is 5.97 Å². The van der Waals surface area contributed by atoms with E-state index in [1.165, 1.54) is 17.0 Å². The minimum Gasteiger partial charge on any atom is -0.462 e. The minimum atomic E-state index is -0.418. The van der Waals surface area contributed by atoms with Crippen LogP contribution < -0.4 is 5.56 Å². The van der Waals surface area contributed by atoms with Crippen molar-refractivity contribution < 1.29 is 14.1 Å². The summed E-state index contributed by atoms with van der Waals surface area (Å²) >= 11 is 0. The monoisotopic (exact) mass is 291 g/mol. The Balaban J connectivity index is 2.34. The number of esters is 1. The van der Waals surface area contributed by atoms with Gasteiger partial charge in [0.1, 0.15) is 0 Å². The highest BCUT2D eigenvalue weighted by atomic mass is 16.5. The molecular formula is C14H17N3O4. The molecule has 0 amide bonds. The lowest BCUT2D eigenvalue weighted by atomic mass is 10.1.